The number of benzene rings is 2. The zero-order chi connectivity index (χ0) is 23.2. The van der Waals surface area contributed by atoms with Crippen molar-refractivity contribution in [2.75, 3.05) is 18.4 Å². The van der Waals surface area contributed by atoms with Crippen LogP contribution in [0.2, 0.25) is 5.02 Å². The number of amides is 2. The van der Waals surface area contributed by atoms with Crippen LogP contribution in [0.1, 0.15) is 56.1 Å². The van der Waals surface area contributed by atoms with Gasteiger partial charge in [-0.15, -0.1) is 0 Å². The Balaban J connectivity index is 2.20. The third-order valence-corrected chi connectivity index (χ3v) is 7.26. The van der Waals surface area contributed by atoms with Crippen molar-refractivity contribution < 1.29 is 18.0 Å². The Hall–Kier alpha value is -2.42. The zero-order valence-corrected chi connectivity index (χ0v) is 19.7. The molecule has 2 rings (SSSR count). The van der Waals surface area contributed by atoms with E-state index in [1.807, 2.05) is 6.92 Å². The van der Waals surface area contributed by atoms with Crippen molar-refractivity contribution in [1.29, 1.82) is 0 Å². The van der Waals surface area contributed by atoms with Crippen molar-refractivity contribution in [3.63, 3.8) is 0 Å². The van der Waals surface area contributed by atoms with E-state index in [-0.39, 0.29) is 27.4 Å². The SMILES string of the molecule is CCC(=O)Nc1ccc(C(C)NC(=O)c2cc(S(=O)(=O)N(CC)CC)ccc2Cl)cc1. The summed E-state index contributed by atoms with van der Waals surface area (Å²) >= 11 is 6.19. The van der Waals surface area contributed by atoms with Crippen molar-refractivity contribution in [3.8, 4) is 0 Å². The quantitative estimate of drug-likeness (QED) is 0.579. The molecule has 168 valence electrons. The molecule has 0 bridgehead atoms. The maximum Gasteiger partial charge on any atom is 0.253 e. The highest BCUT2D eigenvalue weighted by molar-refractivity contribution is 7.89. The predicted molar refractivity (Wildman–Crippen MR) is 123 cm³/mol. The molecule has 0 spiro atoms. The molecule has 0 aliphatic heterocycles. The lowest BCUT2D eigenvalue weighted by Gasteiger charge is -2.19. The first-order valence-corrected chi connectivity index (χ1v) is 12.0. The average Bonchev–Trinajstić information content (AvgIpc) is 2.74. The molecular weight excluding hydrogens is 438 g/mol. The van der Waals surface area contributed by atoms with Crippen molar-refractivity contribution in [1.82, 2.24) is 9.62 Å². The number of carbonyl (C=O) groups excluding carboxylic acids is 2. The number of hydrogen-bond donors (Lipinski definition) is 2. The number of sulfonamides is 1. The Morgan fingerprint density at radius 3 is 2.19 bits per heavy atom. The minimum Gasteiger partial charge on any atom is -0.345 e. The van der Waals surface area contributed by atoms with Gasteiger partial charge in [-0.1, -0.05) is 44.5 Å². The van der Waals surface area contributed by atoms with Gasteiger partial charge in [0.25, 0.3) is 5.91 Å². The molecule has 7 nitrogen and oxygen atoms in total. The molecule has 9 heteroatoms. The second-order valence-corrected chi connectivity index (χ2v) is 9.30. The lowest BCUT2D eigenvalue weighted by molar-refractivity contribution is -0.115. The number of carbonyl (C=O) groups is 2. The van der Waals surface area contributed by atoms with Gasteiger partial charge in [-0.3, -0.25) is 9.59 Å². The van der Waals surface area contributed by atoms with Gasteiger partial charge in [0, 0.05) is 25.2 Å². The molecule has 0 aliphatic carbocycles. The minimum atomic E-state index is -3.71. The first kappa shape index (κ1) is 24.8. The molecule has 2 aromatic rings. The Morgan fingerprint density at radius 1 is 1.03 bits per heavy atom. The van der Waals surface area contributed by atoms with Gasteiger partial charge in [-0.05, 0) is 42.8 Å². The Kier molecular flexibility index (Phi) is 8.61. The summed E-state index contributed by atoms with van der Waals surface area (Å²) in [5.41, 5.74) is 1.59. The molecule has 2 N–H and O–H groups in total. The van der Waals surface area contributed by atoms with Crippen LogP contribution in [0, 0.1) is 0 Å². The molecule has 1 atom stereocenters. The van der Waals surface area contributed by atoms with E-state index in [2.05, 4.69) is 10.6 Å². The van der Waals surface area contributed by atoms with Crippen molar-refractivity contribution >= 4 is 39.1 Å². The maximum absolute atomic E-state index is 12.8. The van der Waals surface area contributed by atoms with Crippen LogP contribution in [0.3, 0.4) is 0 Å². The number of nitrogens with one attached hydrogen (secondary N) is 2. The summed E-state index contributed by atoms with van der Waals surface area (Å²) < 4.78 is 26.9. The lowest BCUT2D eigenvalue weighted by Crippen LogP contribution is -2.31. The van der Waals surface area contributed by atoms with E-state index in [0.29, 0.717) is 25.2 Å². The van der Waals surface area contributed by atoms with Crippen LogP contribution >= 0.6 is 11.6 Å². The van der Waals surface area contributed by atoms with Crippen LogP contribution in [-0.4, -0.2) is 37.6 Å². The van der Waals surface area contributed by atoms with E-state index < -0.39 is 15.9 Å². The van der Waals surface area contributed by atoms with Crippen LogP contribution in [0.15, 0.2) is 47.4 Å². The second-order valence-electron chi connectivity index (χ2n) is 6.95. The van der Waals surface area contributed by atoms with E-state index in [1.54, 1.807) is 45.0 Å². The average molecular weight is 466 g/mol. The summed E-state index contributed by atoms with van der Waals surface area (Å²) in [4.78, 5) is 24.3. The van der Waals surface area contributed by atoms with Crippen molar-refractivity contribution in [3.05, 3.63) is 58.6 Å². The summed E-state index contributed by atoms with van der Waals surface area (Å²) in [5.74, 6) is -0.555. The number of nitrogens with zero attached hydrogens (tertiary/aromatic N) is 1. The lowest BCUT2D eigenvalue weighted by atomic mass is 10.1. The maximum atomic E-state index is 12.8. The highest BCUT2D eigenvalue weighted by Crippen LogP contribution is 2.24. The van der Waals surface area contributed by atoms with Gasteiger partial charge >= 0.3 is 0 Å². The summed E-state index contributed by atoms with van der Waals surface area (Å²) in [7, 11) is -3.71. The van der Waals surface area contributed by atoms with Gasteiger partial charge in [0.05, 0.1) is 21.5 Å². The molecular formula is C22H28ClN3O4S. The smallest absolute Gasteiger partial charge is 0.253 e. The highest BCUT2D eigenvalue weighted by Gasteiger charge is 2.24. The molecule has 0 aromatic heterocycles. The van der Waals surface area contributed by atoms with Crippen LogP contribution in [0.25, 0.3) is 0 Å². The van der Waals surface area contributed by atoms with Crippen LogP contribution in [0.5, 0.6) is 0 Å². The fraction of sp³-hybridized carbons (Fsp3) is 0.364. The summed E-state index contributed by atoms with van der Waals surface area (Å²) in [6, 6.07) is 10.9. The summed E-state index contributed by atoms with van der Waals surface area (Å²) in [6.45, 7) is 7.75. The van der Waals surface area contributed by atoms with E-state index in [4.69, 9.17) is 11.6 Å². The fourth-order valence-corrected chi connectivity index (χ4v) is 4.70. The van der Waals surface area contributed by atoms with Crippen LogP contribution < -0.4 is 10.6 Å². The molecule has 2 aromatic carbocycles. The Morgan fingerprint density at radius 2 is 1.65 bits per heavy atom. The van der Waals surface area contributed by atoms with Crippen molar-refractivity contribution in [2.45, 2.75) is 45.1 Å². The fourth-order valence-electron chi connectivity index (χ4n) is 3.01. The second kappa shape index (κ2) is 10.7. The number of halogens is 1. The first-order chi connectivity index (χ1) is 14.6. The highest BCUT2D eigenvalue weighted by atomic mass is 35.5. The molecule has 0 saturated heterocycles. The standard InChI is InChI=1S/C22H28ClN3O4S/c1-5-21(27)25-17-10-8-16(9-11-17)15(4)24-22(28)19-14-18(12-13-20(19)23)31(29,30)26(6-2)7-3/h8-15H,5-7H2,1-4H3,(H,24,28)(H,25,27). The molecule has 0 aliphatic rings. The minimum absolute atomic E-state index is 0.0226. The van der Waals surface area contributed by atoms with Crippen molar-refractivity contribution in [2.24, 2.45) is 0 Å². The Labute approximate surface area is 188 Å². The van der Waals surface area contributed by atoms with Gasteiger partial charge in [0.1, 0.15) is 0 Å². The third kappa shape index (κ3) is 6.06. The van der Waals surface area contributed by atoms with E-state index in [9.17, 15) is 18.0 Å². The molecule has 0 fully saturated rings. The summed E-state index contributed by atoms with van der Waals surface area (Å²) in [5, 5.41) is 5.78. The van der Waals surface area contributed by atoms with Gasteiger partial charge in [-0.25, -0.2) is 8.42 Å². The molecule has 2 amide bonds. The predicted octanol–water partition coefficient (Wildman–Crippen LogP) is 4.21. The van der Waals surface area contributed by atoms with Crippen LogP contribution in [0.4, 0.5) is 5.69 Å². The van der Waals surface area contributed by atoms with Gasteiger partial charge in [0.2, 0.25) is 15.9 Å². The van der Waals surface area contributed by atoms with Gasteiger partial charge in [0.15, 0.2) is 0 Å². The zero-order valence-electron chi connectivity index (χ0n) is 18.1. The van der Waals surface area contributed by atoms with E-state index >= 15 is 0 Å². The molecule has 0 heterocycles. The van der Waals surface area contributed by atoms with Crippen LogP contribution in [-0.2, 0) is 14.8 Å². The normalized spacial score (nSPS) is 12.5. The van der Waals surface area contributed by atoms with E-state index in [1.165, 1.54) is 22.5 Å². The molecule has 31 heavy (non-hydrogen) atoms. The topological polar surface area (TPSA) is 95.6 Å². The molecule has 0 saturated carbocycles. The first-order valence-electron chi connectivity index (χ1n) is 10.1. The molecule has 0 radical (unpaired) electrons. The Bertz CT molecular complexity index is 1040. The summed E-state index contributed by atoms with van der Waals surface area (Å²) in [6.07, 6.45) is 0.387. The number of anilines is 1. The number of hydrogen-bond acceptors (Lipinski definition) is 4. The monoisotopic (exact) mass is 465 g/mol. The largest absolute Gasteiger partial charge is 0.345 e. The van der Waals surface area contributed by atoms with E-state index in [0.717, 1.165) is 5.56 Å². The molecule has 1 unspecified atom stereocenters. The number of rotatable bonds is 9. The van der Waals surface area contributed by atoms with Gasteiger partial charge in [-0.2, -0.15) is 4.31 Å². The van der Waals surface area contributed by atoms with Gasteiger partial charge < -0.3 is 10.6 Å². The third-order valence-electron chi connectivity index (χ3n) is 4.89.